The molecule has 0 aliphatic carbocycles. The number of esters is 1. The van der Waals surface area contributed by atoms with Crippen molar-refractivity contribution in [3.8, 4) is 0 Å². The van der Waals surface area contributed by atoms with Crippen molar-refractivity contribution in [2.45, 2.75) is 23.1 Å². The van der Waals surface area contributed by atoms with Gasteiger partial charge in [-0.3, -0.25) is 4.79 Å². The number of carbonyl (C=O) groups is 2. The summed E-state index contributed by atoms with van der Waals surface area (Å²) in [6.45, 7) is 1.66. The Morgan fingerprint density at radius 2 is 2.07 bits per heavy atom. The van der Waals surface area contributed by atoms with Gasteiger partial charge in [-0.1, -0.05) is 17.7 Å². The number of alkyl halides is 1. The molecule has 1 aliphatic heterocycles. The predicted octanol–water partition coefficient (Wildman–Crippen LogP) is 4.90. The molecular weight excluding hydrogens is 412 g/mol. The Bertz CT molecular complexity index is 904. The summed E-state index contributed by atoms with van der Waals surface area (Å²) in [5.74, 6) is -1.23. The molecule has 0 fully saturated rings. The van der Waals surface area contributed by atoms with E-state index in [1.165, 1.54) is 35.9 Å². The maximum absolute atomic E-state index is 14.3. The minimum Gasteiger partial charge on any atom is -0.465 e. The van der Waals surface area contributed by atoms with E-state index in [2.05, 4.69) is 0 Å². The van der Waals surface area contributed by atoms with E-state index in [1.54, 1.807) is 31.2 Å². The average Bonchev–Trinajstić information content (AvgIpc) is 2.66. The average molecular weight is 428 g/mol. The van der Waals surface area contributed by atoms with Crippen molar-refractivity contribution in [2.75, 3.05) is 17.9 Å². The van der Waals surface area contributed by atoms with E-state index < -0.39 is 16.5 Å². The number of anilines is 1. The molecule has 1 unspecified atom stereocenters. The van der Waals surface area contributed by atoms with Gasteiger partial charge in [0.15, 0.2) is 0 Å². The number of ether oxygens (including phenoxy) is 1. The van der Waals surface area contributed by atoms with Crippen LogP contribution in [0.3, 0.4) is 0 Å². The van der Waals surface area contributed by atoms with Crippen LogP contribution in [0.25, 0.3) is 0 Å². The number of fused-ring (bicyclic) bond motifs is 1. The van der Waals surface area contributed by atoms with E-state index in [-0.39, 0.29) is 28.9 Å². The lowest BCUT2D eigenvalue weighted by Crippen LogP contribution is -2.49. The fourth-order valence-electron chi connectivity index (χ4n) is 2.82. The van der Waals surface area contributed by atoms with Gasteiger partial charge < -0.3 is 9.64 Å². The number of benzene rings is 2. The zero-order valence-electron chi connectivity index (χ0n) is 14.6. The SMILES string of the molecule is COC(=O)c1ccc2c(c1)N(Cc1c(F)cccc1Cl)C(=O)C(C)(CCl)S2. The molecule has 4 nitrogen and oxygen atoms in total. The van der Waals surface area contributed by atoms with E-state index >= 15 is 0 Å². The summed E-state index contributed by atoms with van der Waals surface area (Å²) in [6, 6.07) is 9.28. The quantitative estimate of drug-likeness (QED) is 0.513. The summed E-state index contributed by atoms with van der Waals surface area (Å²) in [5.41, 5.74) is 0.990. The minimum absolute atomic E-state index is 0.0744. The van der Waals surface area contributed by atoms with Gasteiger partial charge in [0.1, 0.15) is 10.6 Å². The van der Waals surface area contributed by atoms with Crippen molar-refractivity contribution in [3.05, 3.63) is 58.4 Å². The number of rotatable bonds is 4. The number of hydrogen-bond acceptors (Lipinski definition) is 4. The molecule has 27 heavy (non-hydrogen) atoms. The van der Waals surface area contributed by atoms with Gasteiger partial charge in [-0.15, -0.1) is 23.4 Å². The van der Waals surface area contributed by atoms with Crippen LogP contribution >= 0.6 is 35.0 Å². The summed E-state index contributed by atoms with van der Waals surface area (Å²) in [6.07, 6.45) is 0. The number of thioether (sulfide) groups is 1. The second-order valence-electron chi connectivity index (χ2n) is 6.23. The minimum atomic E-state index is -0.918. The highest BCUT2D eigenvalue weighted by molar-refractivity contribution is 8.01. The number of nitrogens with zero attached hydrogens (tertiary/aromatic N) is 1. The van der Waals surface area contributed by atoms with Crippen molar-refractivity contribution in [1.29, 1.82) is 0 Å². The monoisotopic (exact) mass is 427 g/mol. The third-order valence-electron chi connectivity index (χ3n) is 4.34. The summed E-state index contributed by atoms with van der Waals surface area (Å²) < 4.78 is 18.2. The van der Waals surface area contributed by atoms with Crippen LogP contribution in [0.15, 0.2) is 41.3 Å². The third-order valence-corrected chi connectivity index (χ3v) is 6.72. The standard InChI is InChI=1S/C19H16Cl2FNO3S/c1-19(10-20)18(25)23(9-12-13(21)4-3-5-14(12)22)15-8-11(17(24)26-2)6-7-16(15)27-19/h3-8H,9-10H2,1-2H3. The highest BCUT2D eigenvalue weighted by Gasteiger charge is 2.43. The second-order valence-corrected chi connectivity index (χ2v) is 8.45. The lowest BCUT2D eigenvalue weighted by molar-refractivity contribution is -0.120. The van der Waals surface area contributed by atoms with Gasteiger partial charge >= 0.3 is 5.97 Å². The van der Waals surface area contributed by atoms with Gasteiger partial charge in [0.2, 0.25) is 5.91 Å². The van der Waals surface area contributed by atoms with Crippen LogP contribution in [0.1, 0.15) is 22.8 Å². The second kappa shape index (κ2) is 7.70. The normalized spacial score (nSPS) is 19.0. The van der Waals surface area contributed by atoms with Crippen LogP contribution in [-0.4, -0.2) is 29.6 Å². The van der Waals surface area contributed by atoms with Crippen molar-refractivity contribution < 1.29 is 18.7 Å². The highest BCUT2D eigenvalue weighted by atomic mass is 35.5. The molecule has 2 aromatic rings. The topological polar surface area (TPSA) is 46.6 Å². The van der Waals surface area contributed by atoms with Crippen LogP contribution in [0.4, 0.5) is 10.1 Å². The number of hydrogen-bond donors (Lipinski definition) is 0. The Kier molecular flexibility index (Phi) is 5.70. The summed E-state index contributed by atoms with van der Waals surface area (Å²) >= 11 is 13.5. The highest BCUT2D eigenvalue weighted by Crippen LogP contribution is 2.47. The third kappa shape index (κ3) is 3.66. The first kappa shape index (κ1) is 20.0. The maximum atomic E-state index is 14.3. The van der Waals surface area contributed by atoms with Gasteiger partial charge in [0.25, 0.3) is 0 Å². The molecule has 0 bridgehead atoms. The van der Waals surface area contributed by atoms with Crippen LogP contribution < -0.4 is 4.90 Å². The Hall–Kier alpha value is -1.76. The Morgan fingerprint density at radius 3 is 2.70 bits per heavy atom. The van der Waals surface area contributed by atoms with Gasteiger partial charge in [-0.05, 0) is 37.3 Å². The molecule has 8 heteroatoms. The Balaban J connectivity index is 2.13. The van der Waals surface area contributed by atoms with E-state index in [1.807, 2.05) is 0 Å². The maximum Gasteiger partial charge on any atom is 0.337 e. The zero-order chi connectivity index (χ0) is 19.8. The van der Waals surface area contributed by atoms with E-state index in [0.717, 1.165) is 4.90 Å². The molecule has 0 saturated heterocycles. The van der Waals surface area contributed by atoms with Gasteiger partial charge in [-0.2, -0.15) is 0 Å². The molecule has 3 rings (SSSR count). The molecule has 0 saturated carbocycles. The lowest BCUT2D eigenvalue weighted by atomic mass is 10.1. The Morgan fingerprint density at radius 1 is 1.33 bits per heavy atom. The van der Waals surface area contributed by atoms with Crippen LogP contribution in [0.5, 0.6) is 0 Å². The molecular formula is C19H16Cl2FNO3S. The predicted molar refractivity (Wildman–Crippen MR) is 105 cm³/mol. The molecule has 1 atom stereocenters. The fraction of sp³-hybridized carbons (Fsp3) is 0.263. The van der Waals surface area contributed by atoms with Crippen LogP contribution in [-0.2, 0) is 16.1 Å². The fourth-order valence-corrected chi connectivity index (χ4v) is 4.47. The van der Waals surface area contributed by atoms with Crippen molar-refractivity contribution in [3.63, 3.8) is 0 Å². The molecule has 142 valence electrons. The Labute approximate surface area is 170 Å². The zero-order valence-corrected chi connectivity index (χ0v) is 16.9. The summed E-state index contributed by atoms with van der Waals surface area (Å²) in [4.78, 5) is 27.2. The van der Waals surface area contributed by atoms with Crippen molar-refractivity contribution in [2.24, 2.45) is 0 Å². The molecule has 0 spiro atoms. The molecule has 0 aromatic heterocycles. The number of amides is 1. The van der Waals surface area contributed by atoms with Crippen LogP contribution in [0, 0.1) is 5.82 Å². The first-order valence-corrected chi connectivity index (χ1v) is 9.76. The number of carbonyl (C=O) groups excluding carboxylic acids is 2. The van der Waals surface area contributed by atoms with Gasteiger partial charge in [0.05, 0.1) is 24.9 Å². The van der Waals surface area contributed by atoms with E-state index in [0.29, 0.717) is 11.3 Å². The summed E-state index contributed by atoms with van der Waals surface area (Å²) in [7, 11) is 1.28. The lowest BCUT2D eigenvalue weighted by Gasteiger charge is -2.39. The largest absolute Gasteiger partial charge is 0.465 e. The number of methoxy groups -OCH3 is 1. The first-order valence-electron chi connectivity index (χ1n) is 8.03. The molecule has 1 amide bonds. The molecule has 0 N–H and O–H groups in total. The smallest absolute Gasteiger partial charge is 0.337 e. The van der Waals surface area contributed by atoms with E-state index in [9.17, 15) is 14.0 Å². The molecule has 0 radical (unpaired) electrons. The molecule has 1 heterocycles. The summed E-state index contributed by atoms with van der Waals surface area (Å²) in [5, 5.41) is 0.222. The van der Waals surface area contributed by atoms with Crippen molar-refractivity contribution in [1.82, 2.24) is 0 Å². The van der Waals surface area contributed by atoms with Gasteiger partial charge in [-0.25, -0.2) is 9.18 Å². The van der Waals surface area contributed by atoms with Gasteiger partial charge in [0, 0.05) is 21.4 Å². The van der Waals surface area contributed by atoms with Crippen LogP contribution in [0.2, 0.25) is 5.02 Å². The first-order chi connectivity index (χ1) is 12.8. The molecule has 2 aromatic carbocycles. The van der Waals surface area contributed by atoms with Crippen molar-refractivity contribution >= 4 is 52.5 Å². The molecule has 1 aliphatic rings. The van der Waals surface area contributed by atoms with E-state index in [4.69, 9.17) is 27.9 Å². The number of halogens is 3.